The zero-order valence-electron chi connectivity index (χ0n) is 18.8. The smallest absolute Gasteiger partial charge is 0.407 e. The molecule has 0 spiro atoms. The maximum atomic E-state index is 12.9. The number of benzene rings is 3. The summed E-state index contributed by atoms with van der Waals surface area (Å²) in [5.74, 6) is -0.208. The molecule has 1 heterocycles. The topological polar surface area (TPSA) is 87.7 Å². The number of anilines is 2. The number of hydrogen-bond donors (Lipinski definition) is 2. The van der Waals surface area contributed by atoms with Gasteiger partial charge in [-0.25, -0.2) is 4.79 Å². The summed E-state index contributed by atoms with van der Waals surface area (Å²) in [6.07, 6.45) is 1.09. The Morgan fingerprint density at radius 3 is 2.41 bits per heavy atom. The fourth-order valence-corrected chi connectivity index (χ4v) is 3.84. The van der Waals surface area contributed by atoms with Crippen LogP contribution in [-0.4, -0.2) is 31.0 Å². The first-order valence-corrected chi connectivity index (χ1v) is 11.3. The fourth-order valence-electron chi connectivity index (χ4n) is 3.84. The van der Waals surface area contributed by atoms with E-state index in [0.717, 1.165) is 17.7 Å². The van der Waals surface area contributed by atoms with E-state index in [4.69, 9.17) is 4.74 Å². The van der Waals surface area contributed by atoms with Gasteiger partial charge >= 0.3 is 6.09 Å². The Hall–Kier alpha value is -4.13. The molecular formula is C27H27N3O4. The van der Waals surface area contributed by atoms with Gasteiger partial charge in [-0.15, -0.1) is 0 Å². The van der Waals surface area contributed by atoms with E-state index < -0.39 is 6.09 Å². The molecule has 1 aliphatic rings. The predicted octanol–water partition coefficient (Wildman–Crippen LogP) is 4.53. The molecule has 0 saturated carbocycles. The summed E-state index contributed by atoms with van der Waals surface area (Å²) in [5, 5.41) is 5.46. The van der Waals surface area contributed by atoms with Gasteiger partial charge in [0.25, 0.3) is 5.91 Å². The van der Waals surface area contributed by atoms with Crippen LogP contribution in [0.25, 0.3) is 0 Å². The number of carbonyl (C=O) groups excluding carboxylic acids is 3. The SMILES string of the molecule is O=C(CCCNC(=O)OCc1ccccc1)Nc1ccc(C(=O)N2CCc3ccccc32)cc1. The minimum atomic E-state index is -0.509. The van der Waals surface area contributed by atoms with E-state index in [1.807, 2.05) is 54.6 Å². The third kappa shape index (κ3) is 6.01. The summed E-state index contributed by atoms with van der Waals surface area (Å²) in [6, 6.07) is 24.3. The molecule has 0 fully saturated rings. The van der Waals surface area contributed by atoms with Crippen molar-refractivity contribution in [2.24, 2.45) is 0 Å². The lowest BCUT2D eigenvalue weighted by Gasteiger charge is -2.17. The normalized spacial score (nSPS) is 12.1. The number of fused-ring (bicyclic) bond motifs is 1. The van der Waals surface area contributed by atoms with Crippen molar-refractivity contribution < 1.29 is 19.1 Å². The van der Waals surface area contributed by atoms with E-state index in [2.05, 4.69) is 10.6 Å². The summed E-state index contributed by atoms with van der Waals surface area (Å²) < 4.78 is 5.14. The Bertz CT molecular complexity index is 1150. The van der Waals surface area contributed by atoms with Crippen molar-refractivity contribution in [1.29, 1.82) is 0 Å². The lowest BCUT2D eigenvalue weighted by Crippen LogP contribution is -2.28. The van der Waals surface area contributed by atoms with Crippen LogP contribution in [0.5, 0.6) is 0 Å². The van der Waals surface area contributed by atoms with Crippen LogP contribution in [0.1, 0.15) is 34.3 Å². The molecule has 0 aromatic heterocycles. The third-order valence-electron chi connectivity index (χ3n) is 5.61. The second-order valence-corrected chi connectivity index (χ2v) is 8.05. The first-order chi connectivity index (χ1) is 16.6. The van der Waals surface area contributed by atoms with Crippen molar-refractivity contribution in [2.45, 2.75) is 25.9 Å². The average Bonchev–Trinajstić information content (AvgIpc) is 3.30. The zero-order valence-corrected chi connectivity index (χ0v) is 18.8. The van der Waals surface area contributed by atoms with Gasteiger partial charge in [0.2, 0.25) is 5.91 Å². The van der Waals surface area contributed by atoms with E-state index in [9.17, 15) is 14.4 Å². The zero-order chi connectivity index (χ0) is 23.8. The maximum Gasteiger partial charge on any atom is 0.407 e. The molecule has 7 nitrogen and oxygen atoms in total. The molecule has 3 aromatic rings. The summed E-state index contributed by atoms with van der Waals surface area (Å²) in [4.78, 5) is 38.6. The lowest BCUT2D eigenvalue weighted by molar-refractivity contribution is -0.116. The van der Waals surface area contributed by atoms with Gasteiger partial charge in [-0.1, -0.05) is 48.5 Å². The van der Waals surface area contributed by atoms with E-state index in [-0.39, 0.29) is 24.8 Å². The molecule has 174 valence electrons. The van der Waals surface area contributed by atoms with Gasteiger partial charge in [-0.2, -0.15) is 0 Å². The average molecular weight is 458 g/mol. The predicted molar refractivity (Wildman–Crippen MR) is 131 cm³/mol. The number of hydrogen-bond acceptors (Lipinski definition) is 4. The van der Waals surface area contributed by atoms with Gasteiger partial charge < -0.3 is 20.3 Å². The summed E-state index contributed by atoms with van der Waals surface area (Å²) >= 11 is 0. The number of alkyl carbamates (subject to hydrolysis) is 1. The molecule has 34 heavy (non-hydrogen) atoms. The van der Waals surface area contributed by atoms with Gasteiger partial charge in [0, 0.05) is 36.4 Å². The standard InChI is InChI=1S/C27H27N3O4/c31-25(11-6-17-28-27(33)34-19-20-7-2-1-3-8-20)29-23-14-12-22(13-15-23)26(32)30-18-16-21-9-4-5-10-24(21)30/h1-5,7-10,12-15H,6,11,16-19H2,(H,28,33)(H,29,31). The summed E-state index contributed by atoms with van der Waals surface area (Å²) in [7, 11) is 0. The minimum absolute atomic E-state index is 0.0481. The minimum Gasteiger partial charge on any atom is -0.445 e. The number of rotatable bonds is 8. The molecule has 2 N–H and O–H groups in total. The quantitative estimate of drug-likeness (QED) is 0.487. The highest BCUT2D eigenvalue weighted by atomic mass is 16.5. The van der Waals surface area contributed by atoms with Gasteiger partial charge in [0.05, 0.1) is 0 Å². The molecule has 0 aliphatic carbocycles. The molecule has 0 radical (unpaired) electrons. The van der Waals surface area contributed by atoms with Crippen LogP contribution in [0.15, 0.2) is 78.9 Å². The van der Waals surface area contributed by atoms with Crippen molar-refractivity contribution in [3.8, 4) is 0 Å². The largest absolute Gasteiger partial charge is 0.445 e. The number of nitrogens with one attached hydrogen (secondary N) is 2. The summed E-state index contributed by atoms with van der Waals surface area (Å²) in [6.45, 7) is 1.21. The highest BCUT2D eigenvalue weighted by Gasteiger charge is 2.25. The molecule has 7 heteroatoms. The number of carbonyl (C=O) groups is 3. The molecule has 0 bridgehead atoms. The van der Waals surface area contributed by atoms with Crippen molar-refractivity contribution >= 4 is 29.3 Å². The number of amides is 3. The van der Waals surface area contributed by atoms with Crippen molar-refractivity contribution in [3.05, 3.63) is 95.6 Å². The number of ether oxygens (including phenoxy) is 1. The van der Waals surface area contributed by atoms with Crippen LogP contribution in [-0.2, 0) is 22.6 Å². The van der Waals surface area contributed by atoms with Gasteiger partial charge in [0.15, 0.2) is 0 Å². The van der Waals surface area contributed by atoms with Crippen LogP contribution >= 0.6 is 0 Å². The molecule has 1 aliphatic heterocycles. The number of para-hydroxylation sites is 1. The highest BCUT2D eigenvalue weighted by molar-refractivity contribution is 6.07. The molecule has 0 unspecified atom stereocenters. The van der Waals surface area contributed by atoms with E-state index in [0.29, 0.717) is 30.8 Å². The van der Waals surface area contributed by atoms with E-state index in [1.54, 1.807) is 29.2 Å². The second-order valence-electron chi connectivity index (χ2n) is 8.05. The van der Waals surface area contributed by atoms with Gasteiger partial charge in [-0.05, 0) is 54.3 Å². The molecule has 0 atom stereocenters. The molecule has 0 saturated heterocycles. The maximum absolute atomic E-state index is 12.9. The van der Waals surface area contributed by atoms with E-state index in [1.165, 1.54) is 5.56 Å². The van der Waals surface area contributed by atoms with Gasteiger partial charge in [0.1, 0.15) is 6.61 Å². The molecule has 3 aromatic carbocycles. The summed E-state index contributed by atoms with van der Waals surface area (Å²) in [5.41, 5.74) is 4.25. The van der Waals surface area contributed by atoms with Crippen molar-refractivity contribution in [1.82, 2.24) is 5.32 Å². The first-order valence-electron chi connectivity index (χ1n) is 11.3. The molecule has 4 rings (SSSR count). The fraction of sp³-hybridized carbons (Fsp3) is 0.222. The van der Waals surface area contributed by atoms with Crippen molar-refractivity contribution in [2.75, 3.05) is 23.3 Å². The lowest BCUT2D eigenvalue weighted by atomic mass is 10.1. The Balaban J connectivity index is 1.17. The highest BCUT2D eigenvalue weighted by Crippen LogP contribution is 2.29. The van der Waals surface area contributed by atoms with Crippen LogP contribution in [0.4, 0.5) is 16.2 Å². The molecule has 3 amide bonds. The van der Waals surface area contributed by atoms with Gasteiger partial charge in [-0.3, -0.25) is 9.59 Å². The Labute approximate surface area is 198 Å². The number of nitrogens with zero attached hydrogens (tertiary/aromatic N) is 1. The monoisotopic (exact) mass is 457 g/mol. The second kappa shape index (κ2) is 11.1. The van der Waals surface area contributed by atoms with Crippen LogP contribution in [0, 0.1) is 0 Å². The Morgan fingerprint density at radius 2 is 1.62 bits per heavy atom. The third-order valence-corrected chi connectivity index (χ3v) is 5.61. The van der Waals surface area contributed by atoms with Crippen LogP contribution < -0.4 is 15.5 Å². The van der Waals surface area contributed by atoms with Crippen LogP contribution in [0.3, 0.4) is 0 Å². The Morgan fingerprint density at radius 1 is 0.882 bits per heavy atom. The van der Waals surface area contributed by atoms with Crippen molar-refractivity contribution in [3.63, 3.8) is 0 Å². The molecular weight excluding hydrogens is 430 g/mol. The van der Waals surface area contributed by atoms with E-state index >= 15 is 0 Å². The van der Waals surface area contributed by atoms with Crippen LogP contribution in [0.2, 0.25) is 0 Å². The first kappa shape index (κ1) is 23.0. The Kier molecular flexibility index (Phi) is 7.55.